The number of carbonyl (C=O) groups is 2. The molecule has 0 aromatic rings. The van der Waals surface area contributed by atoms with E-state index in [0.29, 0.717) is 25.0 Å². The van der Waals surface area contributed by atoms with Gasteiger partial charge in [0, 0.05) is 32.2 Å². The van der Waals surface area contributed by atoms with E-state index >= 15 is 0 Å². The fraction of sp³-hybridized carbons (Fsp3) is 0.867. The van der Waals surface area contributed by atoms with E-state index in [1.165, 1.54) is 19.3 Å². The van der Waals surface area contributed by atoms with Crippen molar-refractivity contribution in [1.29, 1.82) is 0 Å². The van der Waals surface area contributed by atoms with E-state index in [4.69, 9.17) is 0 Å². The first-order chi connectivity index (χ1) is 9.77. The Labute approximate surface area is 120 Å². The minimum absolute atomic E-state index is 0.247. The molecule has 3 fully saturated rings. The van der Waals surface area contributed by atoms with Crippen molar-refractivity contribution in [1.82, 2.24) is 15.1 Å². The predicted octanol–water partition coefficient (Wildman–Crippen LogP) is 0.599. The highest BCUT2D eigenvalue weighted by molar-refractivity contribution is 6.35. The average Bonchev–Trinajstić information content (AvgIpc) is 2.79. The maximum Gasteiger partial charge on any atom is 0.312 e. The zero-order chi connectivity index (χ0) is 13.9. The highest BCUT2D eigenvalue weighted by Crippen LogP contribution is 2.36. The number of rotatable bonds is 0. The summed E-state index contributed by atoms with van der Waals surface area (Å²) >= 11 is 0. The van der Waals surface area contributed by atoms with Gasteiger partial charge >= 0.3 is 11.8 Å². The number of hydrogen-bond acceptors (Lipinski definition) is 3. The van der Waals surface area contributed by atoms with Gasteiger partial charge in [0.25, 0.3) is 0 Å². The molecule has 2 saturated heterocycles. The van der Waals surface area contributed by atoms with Crippen LogP contribution in [0.3, 0.4) is 0 Å². The molecule has 5 nitrogen and oxygen atoms in total. The predicted molar refractivity (Wildman–Crippen MR) is 76.1 cm³/mol. The monoisotopic (exact) mass is 279 g/mol. The molecule has 2 amide bonds. The topological polar surface area (TPSA) is 52.7 Å². The average molecular weight is 279 g/mol. The van der Waals surface area contributed by atoms with Crippen molar-refractivity contribution in [2.24, 2.45) is 5.92 Å². The molecular weight excluding hydrogens is 254 g/mol. The number of likely N-dealkylation sites (tertiary alicyclic amines) is 1. The van der Waals surface area contributed by atoms with Gasteiger partial charge in [-0.2, -0.15) is 0 Å². The fourth-order valence-corrected chi connectivity index (χ4v) is 4.01. The smallest absolute Gasteiger partial charge is 0.312 e. The molecule has 112 valence electrons. The number of amides is 2. The largest absolute Gasteiger partial charge is 0.333 e. The third-order valence-electron chi connectivity index (χ3n) is 5.06. The van der Waals surface area contributed by atoms with Crippen molar-refractivity contribution >= 4 is 11.8 Å². The van der Waals surface area contributed by atoms with Crippen LogP contribution >= 0.6 is 0 Å². The molecule has 5 heteroatoms. The number of nitrogens with one attached hydrogen (secondary N) is 1. The van der Waals surface area contributed by atoms with Crippen molar-refractivity contribution < 1.29 is 9.59 Å². The molecule has 0 radical (unpaired) electrons. The Hall–Kier alpha value is -1.10. The van der Waals surface area contributed by atoms with E-state index < -0.39 is 0 Å². The van der Waals surface area contributed by atoms with Gasteiger partial charge in [0.05, 0.1) is 0 Å². The molecule has 1 saturated carbocycles. The van der Waals surface area contributed by atoms with Crippen LogP contribution in [0.25, 0.3) is 0 Å². The summed E-state index contributed by atoms with van der Waals surface area (Å²) in [5, 5.41) is 3.27. The Balaban J connectivity index is 1.66. The first kappa shape index (κ1) is 13.9. The molecule has 3 rings (SSSR count). The van der Waals surface area contributed by atoms with Crippen LogP contribution in [-0.4, -0.2) is 60.4 Å². The Morgan fingerprint density at radius 1 is 0.850 bits per heavy atom. The minimum Gasteiger partial charge on any atom is -0.333 e. The summed E-state index contributed by atoms with van der Waals surface area (Å²) in [5.74, 6) is 0.121. The highest BCUT2D eigenvalue weighted by atomic mass is 16.2. The van der Waals surface area contributed by atoms with Gasteiger partial charge in [0.15, 0.2) is 0 Å². The van der Waals surface area contributed by atoms with Crippen LogP contribution in [0.1, 0.15) is 38.5 Å². The van der Waals surface area contributed by atoms with E-state index in [0.717, 1.165) is 38.9 Å². The Kier molecular flexibility index (Phi) is 4.24. The molecule has 0 aromatic carbocycles. The number of carbonyl (C=O) groups excluding carboxylic acids is 2. The van der Waals surface area contributed by atoms with Crippen LogP contribution in [0.15, 0.2) is 0 Å². The van der Waals surface area contributed by atoms with Gasteiger partial charge < -0.3 is 15.1 Å². The number of nitrogens with zero attached hydrogens (tertiary/aromatic N) is 2. The van der Waals surface area contributed by atoms with Crippen molar-refractivity contribution in [3.8, 4) is 0 Å². The van der Waals surface area contributed by atoms with E-state index in [2.05, 4.69) is 5.32 Å². The molecule has 2 unspecified atom stereocenters. The zero-order valence-electron chi connectivity index (χ0n) is 12.1. The van der Waals surface area contributed by atoms with Gasteiger partial charge in [-0.3, -0.25) is 9.59 Å². The molecule has 1 N–H and O–H groups in total. The van der Waals surface area contributed by atoms with E-state index in [-0.39, 0.29) is 11.8 Å². The third kappa shape index (κ3) is 2.68. The lowest BCUT2D eigenvalue weighted by Gasteiger charge is -2.38. The summed E-state index contributed by atoms with van der Waals surface area (Å²) in [5.41, 5.74) is 0. The zero-order valence-corrected chi connectivity index (χ0v) is 12.1. The second-order valence-electron chi connectivity index (χ2n) is 6.29. The maximum absolute atomic E-state index is 12.6. The van der Waals surface area contributed by atoms with E-state index in [1.807, 2.05) is 4.90 Å². The second-order valence-corrected chi connectivity index (χ2v) is 6.29. The fourth-order valence-electron chi connectivity index (χ4n) is 4.01. The van der Waals surface area contributed by atoms with E-state index in [1.54, 1.807) is 4.90 Å². The molecule has 0 bridgehead atoms. The summed E-state index contributed by atoms with van der Waals surface area (Å²) in [6, 6.07) is 0.338. The Bertz CT molecular complexity index is 377. The summed E-state index contributed by atoms with van der Waals surface area (Å²) in [7, 11) is 0. The van der Waals surface area contributed by atoms with Gasteiger partial charge in [-0.1, -0.05) is 6.42 Å². The van der Waals surface area contributed by atoms with E-state index in [9.17, 15) is 9.59 Å². The second kappa shape index (κ2) is 6.12. The van der Waals surface area contributed by atoms with Crippen molar-refractivity contribution in [3.63, 3.8) is 0 Å². The quantitative estimate of drug-likeness (QED) is 0.661. The van der Waals surface area contributed by atoms with Crippen molar-refractivity contribution in [2.45, 2.75) is 44.6 Å². The van der Waals surface area contributed by atoms with Gasteiger partial charge in [0.1, 0.15) is 0 Å². The molecule has 2 heterocycles. The lowest BCUT2D eigenvalue weighted by atomic mass is 9.92. The molecular formula is C15H25N3O2. The lowest BCUT2D eigenvalue weighted by Crippen LogP contribution is -2.53. The van der Waals surface area contributed by atoms with Crippen molar-refractivity contribution in [2.75, 3.05) is 32.7 Å². The molecule has 0 aromatic heterocycles. The lowest BCUT2D eigenvalue weighted by molar-refractivity contribution is -0.154. The maximum atomic E-state index is 12.6. The van der Waals surface area contributed by atoms with Gasteiger partial charge in [0.2, 0.25) is 0 Å². The molecule has 2 atom stereocenters. The van der Waals surface area contributed by atoms with Crippen LogP contribution in [-0.2, 0) is 9.59 Å². The number of fused-ring (bicyclic) bond motifs is 1. The molecule has 2 aliphatic heterocycles. The Morgan fingerprint density at radius 2 is 1.70 bits per heavy atom. The van der Waals surface area contributed by atoms with Crippen LogP contribution in [0, 0.1) is 5.92 Å². The Morgan fingerprint density at radius 3 is 2.60 bits per heavy atom. The first-order valence-corrected chi connectivity index (χ1v) is 8.08. The summed E-state index contributed by atoms with van der Waals surface area (Å²) in [6.45, 7) is 3.88. The number of piperidine rings is 1. The van der Waals surface area contributed by atoms with Gasteiger partial charge in [-0.15, -0.1) is 0 Å². The molecule has 1 aliphatic carbocycles. The first-order valence-electron chi connectivity index (χ1n) is 8.08. The number of hydrogen-bond donors (Lipinski definition) is 1. The molecule has 3 aliphatic rings. The van der Waals surface area contributed by atoms with Crippen LogP contribution in [0.2, 0.25) is 0 Å². The van der Waals surface area contributed by atoms with Gasteiger partial charge in [-0.25, -0.2) is 0 Å². The summed E-state index contributed by atoms with van der Waals surface area (Å²) in [6.07, 6.45) is 6.76. The van der Waals surface area contributed by atoms with Crippen molar-refractivity contribution in [3.05, 3.63) is 0 Å². The van der Waals surface area contributed by atoms with Crippen LogP contribution in [0.5, 0.6) is 0 Å². The normalized spacial score (nSPS) is 30.8. The molecule has 20 heavy (non-hydrogen) atoms. The van der Waals surface area contributed by atoms with Gasteiger partial charge in [-0.05, 0) is 44.6 Å². The van der Waals surface area contributed by atoms with Crippen LogP contribution < -0.4 is 5.32 Å². The minimum atomic E-state index is -0.277. The standard InChI is InChI=1S/C15H25N3O2/c19-14(17-9-3-7-16-8-11-17)15(20)18-10-2-5-12-4-1-6-13(12)18/h12-13,16H,1-11H2. The highest BCUT2D eigenvalue weighted by Gasteiger charge is 2.40. The summed E-state index contributed by atoms with van der Waals surface area (Å²) < 4.78 is 0. The third-order valence-corrected chi connectivity index (χ3v) is 5.06. The summed E-state index contributed by atoms with van der Waals surface area (Å²) in [4.78, 5) is 28.6. The molecule has 0 spiro atoms. The SMILES string of the molecule is O=C(C(=O)N1CCCC2CCCC21)N1CCCNCC1. The van der Waals surface area contributed by atoms with Crippen LogP contribution in [0.4, 0.5) is 0 Å².